The predicted octanol–water partition coefficient (Wildman–Crippen LogP) is 4.88. The highest BCUT2D eigenvalue weighted by molar-refractivity contribution is 5.64. The van der Waals surface area contributed by atoms with E-state index in [0.717, 1.165) is 23.6 Å². The fourth-order valence-electron chi connectivity index (χ4n) is 2.63. The summed E-state index contributed by atoms with van der Waals surface area (Å²) >= 11 is 0. The van der Waals surface area contributed by atoms with E-state index in [2.05, 4.69) is 77.8 Å². The number of nitrogens with one attached hydrogen (secondary N) is 2. The molecule has 4 heteroatoms. The van der Waals surface area contributed by atoms with Crippen LogP contribution in [0.3, 0.4) is 0 Å². The van der Waals surface area contributed by atoms with Gasteiger partial charge in [-0.25, -0.2) is 4.98 Å². The van der Waals surface area contributed by atoms with E-state index < -0.39 is 0 Å². The molecule has 0 fully saturated rings. The van der Waals surface area contributed by atoms with Crippen LogP contribution < -0.4 is 10.6 Å². The number of benzene rings is 2. The quantitative estimate of drug-likeness (QED) is 0.675. The lowest BCUT2D eigenvalue weighted by atomic mass is 10.1. The molecule has 128 valence electrons. The number of aryl methyl sites for hydroxylation is 1. The molecule has 0 atom stereocenters. The molecular weight excluding hydrogens is 308 g/mol. The van der Waals surface area contributed by atoms with E-state index in [0.29, 0.717) is 5.95 Å². The van der Waals surface area contributed by atoms with Gasteiger partial charge >= 0.3 is 0 Å². The molecule has 3 aromatic rings. The average Bonchev–Trinajstić information content (AvgIpc) is 2.60. The van der Waals surface area contributed by atoms with Crippen LogP contribution in [0.25, 0.3) is 11.3 Å². The lowest BCUT2D eigenvalue weighted by Gasteiger charge is -2.13. The van der Waals surface area contributed by atoms with Crippen molar-refractivity contribution >= 4 is 11.8 Å². The van der Waals surface area contributed by atoms with Crippen LogP contribution in [0.5, 0.6) is 0 Å². The number of aromatic nitrogens is 2. The summed E-state index contributed by atoms with van der Waals surface area (Å²) in [4.78, 5) is 9.25. The topological polar surface area (TPSA) is 49.8 Å². The van der Waals surface area contributed by atoms with Gasteiger partial charge in [-0.05, 0) is 26.3 Å². The van der Waals surface area contributed by atoms with Crippen LogP contribution in [0.2, 0.25) is 0 Å². The third-order valence-electron chi connectivity index (χ3n) is 3.77. The molecule has 0 radical (unpaired) electrons. The molecule has 2 aromatic carbocycles. The summed E-state index contributed by atoms with van der Waals surface area (Å²) in [6.07, 6.45) is 0. The smallest absolute Gasteiger partial charge is 0.225 e. The summed E-state index contributed by atoms with van der Waals surface area (Å²) < 4.78 is 0. The first-order chi connectivity index (χ1) is 12.1. The third kappa shape index (κ3) is 4.80. The number of rotatable bonds is 6. The van der Waals surface area contributed by atoms with Crippen LogP contribution in [-0.4, -0.2) is 16.0 Å². The van der Waals surface area contributed by atoms with Crippen LogP contribution in [0, 0.1) is 6.92 Å². The summed E-state index contributed by atoms with van der Waals surface area (Å²) in [5.41, 5.74) is 4.48. The molecule has 25 heavy (non-hydrogen) atoms. The van der Waals surface area contributed by atoms with Gasteiger partial charge in [0.05, 0.1) is 5.69 Å². The predicted molar refractivity (Wildman–Crippen MR) is 105 cm³/mol. The van der Waals surface area contributed by atoms with Crippen molar-refractivity contribution in [2.24, 2.45) is 0 Å². The van der Waals surface area contributed by atoms with E-state index in [1.54, 1.807) is 0 Å². The van der Waals surface area contributed by atoms with E-state index in [-0.39, 0.29) is 6.04 Å². The van der Waals surface area contributed by atoms with Gasteiger partial charge in [0.15, 0.2) is 0 Å². The normalized spacial score (nSPS) is 10.7. The number of hydrogen-bond donors (Lipinski definition) is 2. The number of anilines is 2. The molecule has 0 aliphatic rings. The van der Waals surface area contributed by atoms with Gasteiger partial charge in [0.2, 0.25) is 5.95 Å². The van der Waals surface area contributed by atoms with Gasteiger partial charge in [0.25, 0.3) is 0 Å². The SMILES string of the molecule is Cc1cccc(CNc2cc(-c3ccccc3)nc(NC(C)C)n2)c1. The number of nitrogens with zero attached hydrogens (tertiary/aromatic N) is 2. The molecule has 1 heterocycles. The van der Waals surface area contributed by atoms with Gasteiger partial charge in [-0.3, -0.25) is 0 Å². The molecule has 0 spiro atoms. The Balaban J connectivity index is 1.86. The van der Waals surface area contributed by atoms with Gasteiger partial charge in [-0.15, -0.1) is 0 Å². The Bertz CT molecular complexity index is 828. The Labute approximate surface area is 149 Å². The fourth-order valence-corrected chi connectivity index (χ4v) is 2.63. The van der Waals surface area contributed by atoms with Crippen LogP contribution in [-0.2, 0) is 6.54 Å². The van der Waals surface area contributed by atoms with Crippen molar-refractivity contribution in [1.82, 2.24) is 9.97 Å². The molecule has 2 N–H and O–H groups in total. The molecule has 0 unspecified atom stereocenters. The van der Waals surface area contributed by atoms with Crippen LogP contribution in [0.4, 0.5) is 11.8 Å². The minimum absolute atomic E-state index is 0.274. The van der Waals surface area contributed by atoms with Gasteiger partial charge < -0.3 is 10.6 Å². The van der Waals surface area contributed by atoms with E-state index in [1.165, 1.54) is 11.1 Å². The molecule has 1 aromatic heterocycles. The third-order valence-corrected chi connectivity index (χ3v) is 3.77. The Morgan fingerprint density at radius 2 is 1.72 bits per heavy atom. The van der Waals surface area contributed by atoms with Crippen molar-refractivity contribution in [3.63, 3.8) is 0 Å². The standard InChI is InChI=1S/C21H24N4/c1-15(2)23-21-24-19(18-10-5-4-6-11-18)13-20(25-21)22-14-17-9-7-8-16(3)12-17/h4-13,15H,14H2,1-3H3,(H2,22,23,24,25). The highest BCUT2D eigenvalue weighted by atomic mass is 15.1. The first-order valence-electron chi connectivity index (χ1n) is 8.60. The zero-order chi connectivity index (χ0) is 17.6. The largest absolute Gasteiger partial charge is 0.366 e. The molecular formula is C21H24N4. The first kappa shape index (κ1) is 17.0. The first-order valence-corrected chi connectivity index (χ1v) is 8.60. The van der Waals surface area contributed by atoms with Crippen molar-refractivity contribution < 1.29 is 0 Å². The van der Waals surface area contributed by atoms with Crippen LogP contribution >= 0.6 is 0 Å². The van der Waals surface area contributed by atoms with E-state index in [4.69, 9.17) is 0 Å². The molecule has 0 aliphatic heterocycles. The molecule has 4 nitrogen and oxygen atoms in total. The second-order valence-electron chi connectivity index (χ2n) is 6.47. The van der Waals surface area contributed by atoms with Crippen LogP contribution in [0.1, 0.15) is 25.0 Å². The van der Waals surface area contributed by atoms with Gasteiger partial charge in [0.1, 0.15) is 5.82 Å². The number of hydrogen-bond acceptors (Lipinski definition) is 4. The lowest BCUT2D eigenvalue weighted by Crippen LogP contribution is -2.14. The highest BCUT2D eigenvalue weighted by Gasteiger charge is 2.08. The van der Waals surface area contributed by atoms with Crippen molar-refractivity contribution in [1.29, 1.82) is 0 Å². The molecule has 3 rings (SSSR count). The Kier molecular flexibility index (Phi) is 5.29. The fraction of sp³-hybridized carbons (Fsp3) is 0.238. The van der Waals surface area contributed by atoms with Crippen molar-refractivity contribution in [3.05, 3.63) is 71.8 Å². The Morgan fingerprint density at radius 3 is 2.44 bits per heavy atom. The minimum Gasteiger partial charge on any atom is -0.366 e. The van der Waals surface area contributed by atoms with Crippen molar-refractivity contribution in [2.45, 2.75) is 33.4 Å². The second kappa shape index (κ2) is 7.79. The maximum Gasteiger partial charge on any atom is 0.225 e. The molecule has 0 aliphatic carbocycles. The highest BCUT2D eigenvalue weighted by Crippen LogP contribution is 2.22. The Hall–Kier alpha value is -2.88. The monoisotopic (exact) mass is 332 g/mol. The lowest BCUT2D eigenvalue weighted by molar-refractivity contribution is 0.874. The maximum atomic E-state index is 4.65. The Morgan fingerprint density at radius 1 is 0.920 bits per heavy atom. The molecule has 0 amide bonds. The van der Waals surface area contributed by atoms with Crippen molar-refractivity contribution in [3.8, 4) is 11.3 Å². The zero-order valence-corrected chi connectivity index (χ0v) is 15.0. The van der Waals surface area contributed by atoms with E-state index in [1.807, 2.05) is 24.3 Å². The maximum absolute atomic E-state index is 4.65. The van der Waals surface area contributed by atoms with Crippen LogP contribution in [0.15, 0.2) is 60.7 Å². The summed E-state index contributed by atoms with van der Waals surface area (Å²) in [6, 6.07) is 20.9. The zero-order valence-electron chi connectivity index (χ0n) is 15.0. The van der Waals surface area contributed by atoms with E-state index in [9.17, 15) is 0 Å². The summed E-state index contributed by atoms with van der Waals surface area (Å²) in [7, 11) is 0. The summed E-state index contributed by atoms with van der Waals surface area (Å²) in [5.74, 6) is 1.46. The minimum atomic E-state index is 0.274. The van der Waals surface area contributed by atoms with Gasteiger partial charge in [0, 0.05) is 24.2 Å². The molecule has 0 saturated heterocycles. The molecule has 0 bridgehead atoms. The van der Waals surface area contributed by atoms with Gasteiger partial charge in [-0.2, -0.15) is 4.98 Å². The van der Waals surface area contributed by atoms with Crippen molar-refractivity contribution in [2.75, 3.05) is 10.6 Å². The van der Waals surface area contributed by atoms with E-state index >= 15 is 0 Å². The molecule has 0 saturated carbocycles. The average molecular weight is 332 g/mol. The van der Waals surface area contributed by atoms with Gasteiger partial charge in [-0.1, -0.05) is 60.2 Å². The summed E-state index contributed by atoms with van der Waals surface area (Å²) in [6.45, 7) is 7.00. The summed E-state index contributed by atoms with van der Waals surface area (Å²) in [5, 5.41) is 6.72. The second-order valence-corrected chi connectivity index (χ2v) is 6.47.